The van der Waals surface area contributed by atoms with Crippen LogP contribution in [0.15, 0.2) is 36.7 Å². The third kappa shape index (κ3) is 3.44. The van der Waals surface area contributed by atoms with E-state index in [9.17, 15) is 4.79 Å². The van der Waals surface area contributed by atoms with Gasteiger partial charge in [-0.1, -0.05) is 6.07 Å². The van der Waals surface area contributed by atoms with Gasteiger partial charge in [0.05, 0.1) is 11.6 Å². The van der Waals surface area contributed by atoms with Gasteiger partial charge in [0.1, 0.15) is 0 Å². The Kier molecular flexibility index (Phi) is 4.98. The summed E-state index contributed by atoms with van der Waals surface area (Å²) in [7, 11) is 5.71. The Morgan fingerprint density at radius 3 is 2.61 bits per heavy atom. The highest BCUT2D eigenvalue weighted by Gasteiger charge is 2.27. The molecule has 1 saturated heterocycles. The summed E-state index contributed by atoms with van der Waals surface area (Å²) in [6.07, 6.45) is 5.84. The average Bonchev–Trinajstić information content (AvgIpc) is 3.04. The normalized spacial score (nSPS) is 20.6. The first-order valence-electron chi connectivity index (χ1n) is 10.00. The minimum atomic E-state index is 0.140. The molecule has 0 radical (unpaired) electrons. The van der Waals surface area contributed by atoms with Gasteiger partial charge in [-0.15, -0.1) is 0 Å². The highest BCUT2D eigenvalue weighted by molar-refractivity contribution is 5.94. The lowest BCUT2D eigenvalue weighted by Gasteiger charge is -2.34. The van der Waals surface area contributed by atoms with E-state index < -0.39 is 0 Å². The number of nitrogens with zero attached hydrogens (tertiary/aromatic N) is 4. The Hall–Kier alpha value is -2.60. The molecule has 1 atom stereocenters. The van der Waals surface area contributed by atoms with Crippen molar-refractivity contribution >= 4 is 28.1 Å². The van der Waals surface area contributed by atoms with Crippen LogP contribution in [0.3, 0.4) is 0 Å². The van der Waals surface area contributed by atoms with Gasteiger partial charge in [-0.25, -0.2) is 5.43 Å². The van der Waals surface area contributed by atoms with Gasteiger partial charge in [-0.05, 0) is 49.1 Å². The van der Waals surface area contributed by atoms with Crippen molar-refractivity contribution in [2.75, 3.05) is 39.1 Å². The maximum Gasteiger partial charge on any atom is 0.225 e. The lowest BCUT2D eigenvalue weighted by molar-refractivity contribution is -0.133. The molecular formula is C22H29N5O. The summed E-state index contributed by atoms with van der Waals surface area (Å²) in [4.78, 5) is 21.0. The molecule has 0 spiro atoms. The number of rotatable bonds is 3. The first kappa shape index (κ1) is 18.7. The topological polar surface area (TPSA) is 51.7 Å². The highest BCUT2D eigenvalue weighted by Crippen LogP contribution is 2.33. The van der Waals surface area contributed by atoms with Crippen LogP contribution in [0.5, 0.6) is 0 Å². The molecule has 2 aliphatic heterocycles. The zero-order valence-corrected chi connectivity index (χ0v) is 17.1. The van der Waals surface area contributed by atoms with Crippen molar-refractivity contribution in [2.24, 2.45) is 5.92 Å². The van der Waals surface area contributed by atoms with Crippen LogP contribution in [0.2, 0.25) is 0 Å². The lowest BCUT2D eigenvalue weighted by atomic mass is 9.94. The summed E-state index contributed by atoms with van der Waals surface area (Å²) in [6, 6.07) is 8.93. The van der Waals surface area contributed by atoms with Crippen LogP contribution in [0.1, 0.15) is 25.3 Å². The van der Waals surface area contributed by atoms with Crippen molar-refractivity contribution in [2.45, 2.75) is 25.8 Å². The minimum Gasteiger partial charge on any atom is -0.371 e. The van der Waals surface area contributed by atoms with E-state index in [2.05, 4.69) is 52.7 Å². The number of aromatic nitrogens is 1. The Balaban J connectivity index is 1.62. The quantitative estimate of drug-likeness (QED) is 0.889. The SMILES string of the molecule is CC1NN(C)C=C1c1ccc2nccc(N3CCC(C(=O)N(C)C)CC3)c2c1. The maximum atomic E-state index is 12.3. The van der Waals surface area contributed by atoms with E-state index in [0.717, 1.165) is 31.4 Å². The molecule has 0 aliphatic carbocycles. The van der Waals surface area contributed by atoms with Crippen molar-refractivity contribution in [3.8, 4) is 0 Å². The number of hydrazine groups is 1. The third-order valence-electron chi connectivity index (χ3n) is 5.87. The van der Waals surface area contributed by atoms with E-state index in [1.165, 1.54) is 22.2 Å². The molecule has 1 N–H and O–H groups in total. The van der Waals surface area contributed by atoms with Gasteiger partial charge in [-0.2, -0.15) is 0 Å². The number of piperidine rings is 1. The summed E-state index contributed by atoms with van der Waals surface area (Å²) in [5.74, 6) is 0.390. The Labute approximate surface area is 166 Å². The van der Waals surface area contributed by atoms with Crippen molar-refractivity contribution < 1.29 is 4.79 Å². The maximum absolute atomic E-state index is 12.3. The molecule has 148 valence electrons. The van der Waals surface area contributed by atoms with Crippen LogP contribution in [0.25, 0.3) is 16.5 Å². The first-order valence-corrected chi connectivity index (χ1v) is 10.00. The second-order valence-electron chi connectivity index (χ2n) is 8.10. The molecule has 0 saturated carbocycles. The number of amides is 1. The van der Waals surface area contributed by atoms with E-state index in [-0.39, 0.29) is 17.9 Å². The third-order valence-corrected chi connectivity index (χ3v) is 5.87. The molecule has 2 aliphatic rings. The molecule has 6 heteroatoms. The molecule has 1 aromatic carbocycles. The van der Waals surface area contributed by atoms with Gasteiger partial charge < -0.3 is 14.8 Å². The minimum absolute atomic E-state index is 0.140. The monoisotopic (exact) mass is 379 g/mol. The van der Waals surface area contributed by atoms with Crippen molar-refractivity contribution in [3.05, 3.63) is 42.2 Å². The smallest absolute Gasteiger partial charge is 0.225 e. The van der Waals surface area contributed by atoms with E-state index in [1.54, 1.807) is 4.90 Å². The van der Waals surface area contributed by atoms with Gasteiger partial charge >= 0.3 is 0 Å². The van der Waals surface area contributed by atoms with Gasteiger partial charge in [0, 0.05) is 63.6 Å². The molecule has 1 fully saturated rings. The summed E-state index contributed by atoms with van der Waals surface area (Å²) in [5.41, 5.74) is 8.14. The van der Waals surface area contributed by atoms with Crippen molar-refractivity contribution in [3.63, 3.8) is 0 Å². The number of carbonyl (C=O) groups excluding carboxylic acids is 1. The summed E-state index contributed by atoms with van der Waals surface area (Å²) in [6.45, 7) is 3.98. The van der Waals surface area contributed by atoms with Crippen LogP contribution in [-0.2, 0) is 4.79 Å². The number of nitrogens with one attached hydrogen (secondary N) is 1. The van der Waals surface area contributed by atoms with E-state index in [1.807, 2.05) is 32.3 Å². The number of hydrogen-bond donors (Lipinski definition) is 1. The predicted octanol–water partition coefficient (Wildman–Crippen LogP) is 2.72. The molecule has 2 aromatic rings. The molecule has 28 heavy (non-hydrogen) atoms. The molecule has 1 unspecified atom stereocenters. The lowest BCUT2D eigenvalue weighted by Crippen LogP contribution is -2.40. The number of benzene rings is 1. The van der Waals surface area contributed by atoms with Crippen LogP contribution in [0, 0.1) is 5.92 Å². The fourth-order valence-corrected chi connectivity index (χ4v) is 4.38. The Bertz CT molecular complexity index is 914. The standard InChI is InChI=1S/C22H29N5O/c1-15-19(14-26(4)24-15)17-5-6-20-18(13-17)21(7-10-23-20)27-11-8-16(9-12-27)22(28)25(2)3/h5-7,10,13-16,24H,8-9,11-12H2,1-4H3. The molecule has 3 heterocycles. The largest absolute Gasteiger partial charge is 0.371 e. The molecule has 0 bridgehead atoms. The zero-order chi connectivity index (χ0) is 19.8. The first-order chi connectivity index (χ1) is 13.4. The van der Waals surface area contributed by atoms with Gasteiger partial charge in [0.2, 0.25) is 5.91 Å². The van der Waals surface area contributed by atoms with Crippen LogP contribution >= 0.6 is 0 Å². The molecule has 1 aromatic heterocycles. The van der Waals surface area contributed by atoms with E-state index in [0.29, 0.717) is 0 Å². The summed E-state index contributed by atoms with van der Waals surface area (Å²) < 4.78 is 0. The zero-order valence-electron chi connectivity index (χ0n) is 17.1. The van der Waals surface area contributed by atoms with Crippen molar-refractivity contribution in [1.29, 1.82) is 0 Å². The predicted molar refractivity (Wildman–Crippen MR) is 114 cm³/mol. The molecular weight excluding hydrogens is 350 g/mol. The highest BCUT2D eigenvalue weighted by atomic mass is 16.2. The van der Waals surface area contributed by atoms with Gasteiger partial charge in [-0.3, -0.25) is 9.78 Å². The summed E-state index contributed by atoms with van der Waals surface area (Å²) >= 11 is 0. The van der Waals surface area contributed by atoms with Crippen molar-refractivity contribution in [1.82, 2.24) is 20.3 Å². The molecule has 6 nitrogen and oxygen atoms in total. The molecule has 4 rings (SSSR count). The Morgan fingerprint density at radius 2 is 1.96 bits per heavy atom. The van der Waals surface area contributed by atoms with Crippen LogP contribution < -0.4 is 10.3 Å². The van der Waals surface area contributed by atoms with Crippen LogP contribution in [-0.4, -0.2) is 61.1 Å². The fourth-order valence-electron chi connectivity index (χ4n) is 4.38. The number of anilines is 1. The summed E-state index contributed by atoms with van der Waals surface area (Å²) in [5, 5.41) is 3.20. The number of hydrogen-bond acceptors (Lipinski definition) is 5. The average molecular weight is 380 g/mol. The second-order valence-corrected chi connectivity index (χ2v) is 8.10. The van der Waals surface area contributed by atoms with E-state index in [4.69, 9.17) is 0 Å². The number of carbonyl (C=O) groups is 1. The number of pyridine rings is 1. The van der Waals surface area contributed by atoms with Crippen LogP contribution in [0.4, 0.5) is 5.69 Å². The van der Waals surface area contributed by atoms with E-state index >= 15 is 0 Å². The number of fused-ring (bicyclic) bond motifs is 1. The van der Waals surface area contributed by atoms with Gasteiger partial charge in [0.15, 0.2) is 0 Å². The fraction of sp³-hybridized carbons (Fsp3) is 0.455. The second kappa shape index (κ2) is 7.43. The van der Waals surface area contributed by atoms with Gasteiger partial charge in [0.25, 0.3) is 0 Å². The Morgan fingerprint density at radius 1 is 1.21 bits per heavy atom. The molecule has 1 amide bonds.